The van der Waals surface area contributed by atoms with Crippen LogP contribution in [0.25, 0.3) is 0 Å². The van der Waals surface area contributed by atoms with E-state index in [4.69, 9.17) is 0 Å². The monoisotopic (exact) mass is 388 g/mol. The van der Waals surface area contributed by atoms with Crippen LogP contribution in [0.4, 0.5) is 16.2 Å². The van der Waals surface area contributed by atoms with Gasteiger partial charge in [0.2, 0.25) is 0 Å². The fraction of sp³-hybridized carbons (Fsp3) is 0.346. The summed E-state index contributed by atoms with van der Waals surface area (Å²) in [6.45, 7) is 8.88. The predicted molar refractivity (Wildman–Crippen MR) is 122 cm³/mol. The summed E-state index contributed by atoms with van der Waals surface area (Å²) in [4.78, 5) is 14.9. The molecule has 3 heteroatoms. The number of hydrogen-bond donors (Lipinski definition) is 1. The molecular formula is C26H32N2O. The molecule has 3 nitrogen and oxygen atoms in total. The van der Waals surface area contributed by atoms with E-state index in [-0.39, 0.29) is 17.5 Å². The number of hydrogen-bond acceptors (Lipinski definition) is 1. The molecule has 2 amide bonds. The van der Waals surface area contributed by atoms with Crippen LogP contribution in [0.2, 0.25) is 0 Å². The van der Waals surface area contributed by atoms with Crippen molar-refractivity contribution in [3.05, 3.63) is 84.0 Å². The van der Waals surface area contributed by atoms with Crippen LogP contribution in [0.5, 0.6) is 0 Å². The van der Waals surface area contributed by atoms with E-state index in [2.05, 4.69) is 38.2 Å². The summed E-state index contributed by atoms with van der Waals surface area (Å²) < 4.78 is 0. The summed E-state index contributed by atoms with van der Waals surface area (Å²) in [7, 11) is 0. The quantitative estimate of drug-likeness (QED) is 0.587. The minimum absolute atomic E-state index is 0.0737. The highest BCUT2D eigenvalue weighted by atomic mass is 16.2. The molecule has 1 N–H and O–H groups in total. The van der Waals surface area contributed by atoms with E-state index in [9.17, 15) is 4.79 Å². The van der Waals surface area contributed by atoms with Crippen molar-refractivity contribution in [1.29, 1.82) is 0 Å². The minimum atomic E-state index is -0.131. The van der Waals surface area contributed by atoms with E-state index in [0.717, 1.165) is 11.4 Å². The number of nitrogens with zero attached hydrogens (tertiary/aromatic N) is 1. The molecule has 0 aromatic heterocycles. The van der Waals surface area contributed by atoms with Gasteiger partial charge in [0.25, 0.3) is 0 Å². The number of amides is 2. The third-order valence-electron chi connectivity index (χ3n) is 5.68. The first-order chi connectivity index (χ1) is 13.9. The largest absolute Gasteiger partial charge is 0.331 e. The number of carbonyl (C=O) groups excluding carboxylic acids is 1. The Bertz CT molecular complexity index is 842. The first-order valence-electron chi connectivity index (χ1n) is 10.5. The lowest BCUT2D eigenvalue weighted by Gasteiger charge is -2.33. The summed E-state index contributed by atoms with van der Waals surface area (Å²) in [5.74, 6) is 0. The second kappa shape index (κ2) is 9.13. The van der Waals surface area contributed by atoms with Crippen LogP contribution in [0, 0.1) is 5.41 Å². The number of benzene rings is 2. The van der Waals surface area contributed by atoms with Gasteiger partial charge in [0, 0.05) is 6.04 Å². The van der Waals surface area contributed by atoms with Gasteiger partial charge in [-0.05, 0) is 68.4 Å². The number of carbonyl (C=O) groups is 1. The number of para-hydroxylation sites is 2. The van der Waals surface area contributed by atoms with Gasteiger partial charge in [-0.1, -0.05) is 68.0 Å². The van der Waals surface area contributed by atoms with E-state index in [1.54, 1.807) is 4.90 Å². The van der Waals surface area contributed by atoms with E-state index < -0.39 is 0 Å². The lowest BCUT2D eigenvalue weighted by Crippen LogP contribution is -2.41. The number of anilines is 2. The molecule has 29 heavy (non-hydrogen) atoms. The average molecular weight is 389 g/mol. The van der Waals surface area contributed by atoms with Crippen molar-refractivity contribution in [3.8, 4) is 0 Å². The lowest BCUT2D eigenvalue weighted by atomic mass is 9.72. The van der Waals surface area contributed by atoms with Gasteiger partial charge < -0.3 is 5.32 Å². The zero-order chi connectivity index (χ0) is 20.9. The molecular weight excluding hydrogens is 356 g/mol. The Kier molecular flexibility index (Phi) is 6.58. The van der Waals surface area contributed by atoms with Gasteiger partial charge in [-0.25, -0.2) is 4.79 Å². The number of allylic oxidation sites excluding steroid dienone is 3. The summed E-state index contributed by atoms with van der Waals surface area (Å²) in [6.07, 6.45) is 7.96. The van der Waals surface area contributed by atoms with Crippen molar-refractivity contribution in [2.75, 3.05) is 4.90 Å². The Labute approximate surface area is 175 Å². The molecule has 1 unspecified atom stereocenters. The van der Waals surface area contributed by atoms with Crippen LogP contribution >= 0.6 is 0 Å². The zero-order valence-corrected chi connectivity index (χ0v) is 18.0. The summed E-state index contributed by atoms with van der Waals surface area (Å²) in [6, 6.07) is 19.3. The molecule has 0 spiro atoms. The Morgan fingerprint density at radius 2 is 1.59 bits per heavy atom. The minimum Gasteiger partial charge on any atom is -0.331 e. The van der Waals surface area contributed by atoms with Crippen molar-refractivity contribution in [1.82, 2.24) is 5.32 Å². The van der Waals surface area contributed by atoms with Gasteiger partial charge in [0.1, 0.15) is 0 Å². The SMILES string of the molecule is CC1=C(/C=C/C(C)NC(=O)N(c2ccccc2)c2ccccc2)C(C)(C)CCC1. The molecule has 152 valence electrons. The second-order valence-corrected chi connectivity index (χ2v) is 8.54. The van der Waals surface area contributed by atoms with Gasteiger partial charge in [0.15, 0.2) is 0 Å². The van der Waals surface area contributed by atoms with Crippen molar-refractivity contribution in [2.24, 2.45) is 5.41 Å². The molecule has 0 bridgehead atoms. The van der Waals surface area contributed by atoms with Crippen LogP contribution < -0.4 is 10.2 Å². The Balaban J connectivity index is 1.78. The standard InChI is InChI=1S/C26H32N2O/c1-20-12-11-19-26(3,4)24(20)18-17-21(2)27-25(29)28(22-13-7-5-8-14-22)23-15-9-6-10-16-23/h5-10,13-18,21H,11-12,19H2,1-4H3,(H,27,29)/b18-17+. The van der Waals surface area contributed by atoms with Crippen molar-refractivity contribution < 1.29 is 4.79 Å². The molecule has 0 aliphatic heterocycles. The van der Waals surface area contributed by atoms with Crippen LogP contribution in [0.3, 0.4) is 0 Å². The molecule has 0 fully saturated rings. The van der Waals surface area contributed by atoms with Crippen LogP contribution in [-0.2, 0) is 0 Å². The molecule has 2 aromatic rings. The Hall–Kier alpha value is -2.81. The number of nitrogens with one attached hydrogen (secondary N) is 1. The van der Waals surface area contributed by atoms with Crippen LogP contribution in [0.15, 0.2) is 84.0 Å². The molecule has 0 saturated heterocycles. The third-order valence-corrected chi connectivity index (χ3v) is 5.68. The maximum absolute atomic E-state index is 13.2. The van der Waals surface area contributed by atoms with E-state index >= 15 is 0 Å². The molecule has 0 radical (unpaired) electrons. The van der Waals surface area contributed by atoms with Crippen molar-refractivity contribution in [2.45, 2.75) is 53.0 Å². The second-order valence-electron chi connectivity index (χ2n) is 8.54. The fourth-order valence-electron chi connectivity index (χ4n) is 4.10. The number of urea groups is 1. The van der Waals surface area contributed by atoms with Crippen molar-refractivity contribution >= 4 is 17.4 Å². The Morgan fingerprint density at radius 1 is 1.03 bits per heavy atom. The van der Waals surface area contributed by atoms with Crippen LogP contribution in [0.1, 0.15) is 47.0 Å². The molecule has 0 saturated carbocycles. The van der Waals surface area contributed by atoms with Gasteiger partial charge in [-0.3, -0.25) is 4.90 Å². The maximum atomic E-state index is 13.2. The summed E-state index contributed by atoms with van der Waals surface area (Å²) in [5.41, 5.74) is 4.76. The molecule has 1 aliphatic rings. The highest BCUT2D eigenvalue weighted by Gasteiger charge is 2.26. The predicted octanol–water partition coefficient (Wildman–Crippen LogP) is 7.01. The molecule has 2 aromatic carbocycles. The first-order valence-corrected chi connectivity index (χ1v) is 10.5. The normalized spacial score (nSPS) is 17.2. The average Bonchev–Trinajstić information content (AvgIpc) is 2.69. The molecule has 1 aliphatic carbocycles. The highest BCUT2D eigenvalue weighted by Crippen LogP contribution is 2.40. The highest BCUT2D eigenvalue weighted by molar-refractivity contribution is 5.99. The zero-order valence-electron chi connectivity index (χ0n) is 18.0. The number of rotatable bonds is 5. The van der Waals surface area contributed by atoms with E-state index in [1.165, 1.54) is 30.4 Å². The smallest absolute Gasteiger partial charge is 0.326 e. The maximum Gasteiger partial charge on any atom is 0.326 e. The topological polar surface area (TPSA) is 32.3 Å². The van der Waals surface area contributed by atoms with Crippen molar-refractivity contribution in [3.63, 3.8) is 0 Å². The Morgan fingerprint density at radius 3 is 2.10 bits per heavy atom. The van der Waals surface area contributed by atoms with E-state index in [1.807, 2.05) is 67.6 Å². The van der Waals surface area contributed by atoms with E-state index in [0.29, 0.717) is 0 Å². The fourth-order valence-corrected chi connectivity index (χ4v) is 4.10. The first kappa shape index (κ1) is 20.9. The van der Waals surface area contributed by atoms with Gasteiger partial charge in [-0.15, -0.1) is 0 Å². The molecule has 0 heterocycles. The molecule has 3 rings (SSSR count). The van der Waals surface area contributed by atoms with Crippen LogP contribution in [-0.4, -0.2) is 12.1 Å². The lowest BCUT2D eigenvalue weighted by molar-refractivity contribution is 0.247. The van der Waals surface area contributed by atoms with Gasteiger partial charge >= 0.3 is 6.03 Å². The van der Waals surface area contributed by atoms with Gasteiger partial charge in [0.05, 0.1) is 11.4 Å². The summed E-state index contributed by atoms with van der Waals surface area (Å²) >= 11 is 0. The third kappa shape index (κ3) is 5.17. The molecule has 1 atom stereocenters. The van der Waals surface area contributed by atoms with Gasteiger partial charge in [-0.2, -0.15) is 0 Å². The summed E-state index contributed by atoms with van der Waals surface area (Å²) in [5, 5.41) is 3.14.